The van der Waals surface area contributed by atoms with Gasteiger partial charge in [-0.3, -0.25) is 9.48 Å². The smallest absolute Gasteiger partial charge is 0.185 e. The molecule has 0 aliphatic heterocycles. The molecule has 1 fully saturated rings. The van der Waals surface area contributed by atoms with Gasteiger partial charge in [0.05, 0.1) is 17.2 Å². The molecule has 1 aromatic heterocycles. The summed E-state index contributed by atoms with van der Waals surface area (Å²) in [5, 5.41) is 4.37. The van der Waals surface area contributed by atoms with E-state index in [0.717, 1.165) is 36.1 Å². The first-order valence-electron chi connectivity index (χ1n) is 8.00. The van der Waals surface area contributed by atoms with Crippen molar-refractivity contribution < 1.29 is 4.79 Å². The van der Waals surface area contributed by atoms with Gasteiger partial charge in [0.1, 0.15) is 5.69 Å². The monoisotopic (exact) mass is 355 g/mol. The summed E-state index contributed by atoms with van der Waals surface area (Å²) in [5.74, 6) is 0.455. The Morgan fingerprint density at radius 2 is 1.90 bits per heavy atom. The van der Waals surface area contributed by atoms with Crippen molar-refractivity contribution in [1.29, 1.82) is 0 Å². The zero-order chi connectivity index (χ0) is 15.2. The van der Waals surface area contributed by atoms with E-state index < -0.39 is 0 Å². The molecule has 1 aliphatic rings. The average molecular weight is 356 g/mol. The van der Waals surface area contributed by atoms with Gasteiger partial charge in [0.15, 0.2) is 5.78 Å². The summed E-state index contributed by atoms with van der Waals surface area (Å²) in [6.07, 6.45) is 10.0. The third kappa shape index (κ3) is 4.65. The second kappa shape index (κ2) is 8.08. The molecular weight excluding hydrogens is 330 g/mol. The van der Waals surface area contributed by atoms with Crippen LogP contribution in [0.25, 0.3) is 0 Å². The van der Waals surface area contributed by atoms with E-state index in [0.29, 0.717) is 0 Å². The van der Waals surface area contributed by atoms with Crippen molar-refractivity contribution >= 4 is 21.7 Å². The predicted molar refractivity (Wildman–Crippen MR) is 88.6 cm³/mol. The van der Waals surface area contributed by atoms with E-state index in [1.807, 2.05) is 18.8 Å². The molecule has 5 heteroatoms. The summed E-state index contributed by atoms with van der Waals surface area (Å²) in [6.45, 7) is 1.64. The Morgan fingerprint density at radius 3 is 2.52 bits per heavy atom. The Labute approximate surface area is 136 Å². The van der Waals surface area contributed by atoms with Gasteiger partial charge in [0.25, 0.3) is 0 Å². The number of nitrogens with zero attached hydrogens (tertiary/aromatic N) is 3. The molecule has 1 aromatic rings. The van der Waals surface area contributed by atoms with Gasteiger partial charge in [-0.1, -0.05) is 32.1 Å². The van der Waals surface area contributed by atoms with Crippen molar-refractivity contribution in [2.75, 3.05) is 20.6 Å². The van der Waals surface area contributed by atoms with Gasteiger partial charge < -0.3 is 4.90 Å². The van der Waals surface area contributed by atoms with Gasteiger partial charge in [-0.15, -0.1) is 0 Å². The fraction of sp³-hybridized carbons (Fsp3) is 0.750. The number of halogens is 1. The lowest BCUT2D eigenvalue weighted by atomic mass is 9.87. The molecule has 0 radical (unpaired) electrons. The molecule has 1 saturated carbocycles. The first-order valence-corrected chi connectivity index (χ1v) is 8.79. The minimum absolute atomic E-state index is 0.177. The van der Waals surface area contributed by atoms with Crippen LogP contribution in [-0.2, 0) is 6.54 Å². The normalized spacial score (nSPS) is 17.7. The molecule has 2 rings (SSSR count). The summed E-state index contributed by atoms with van der Waals surface area (Å²) in [5.41, 5.74) is 0.766. The number of hydrogen-bond acceptors (Lipinski definition) is 3. The minimum atomic E-state index is 0.177. The highest BCUT2D eigenvalue weighted by Gasteiger charge is 2.26. The van der Waals surface area contributed by atoms with Crippen molar-refractivity contribution in [3.05, 3.63) is 16.4 Å². The van der Waals surface area contributed by atoms with Gasteiger partial charge in [0, 0.05) is 12.5 Å². The number of Topliss-reactive ketones (excluding diaryl/α,β-unsaturated/α-hetero) is 1. The number of aromatic nitrogens is 2. The lowest BCUT2D eigenvalue weighted by Crippen LogP contribution is -2.24. The Bertz CT molecular complexity index is 462. The zero-order valence-electron chi connectivity index (χ0n) is 13.1. The zero-order valence-corrected chi connectivity index (χ0v) is 14.7. The highest BCUT2D eigenvalue weighted by molar-refractivity contribution is 9.10. The van der Waals surface area contributed by atoms with E-state index in [1.54, 1.807) is 6.20 Å². The Hall–Kier alpha value is -0.680. The molecule has 0 amide bonds. The summed E-state index contributed by atoms with van der Waals surface area (Å²) in [4.78, 5) is 15.0. The first-order chi connectivity index (χ1) is 10.1. The molecule has 0 saturated heterocycles. The molecule has 4 nitrogen and oxygen atoms in total. The molecule has 0 spiro atoms. The van der Waals surface area contributed by atoms with Gasteiger partial charge in [-0.05, 0) is 42.9 Å². The summed E-state index contributed by atoms with van der Waals surface area (Å²) in [6, 6.07) is 0. The highest BCUT2D eigenvalue weighted by atomic mass is 79.9. The molecule has 0 unspecified atom stereocenters. The lowest BCUT2D eigenvalue weighted by Gasteiger charge is -2.19. The second-order valence-electron chi connectivity index (χ2n) is 6.27. The molecular formula is C16H26BrN3O. The van der Waals surface area contributed by atoms with Crippen molar-refractivity contribution in [2.45, 2.75) is 51.5 Å². The van der Waals surface area contributed by atoms with Gasteiger partial charge in [-0.25, -0.2) is 0 Å². The van der Waals surface area contributed by atoms with Gasteiger partial charge in [-0.2, -0.15) is 5.10 Å². The van der Waals surface area contributed by atoms with Crippen LogP contribution in [-0.4, -0.2) is 41.1 Å². The standard InChI is InChI=1S/C16H26BrN3O/c1-19(2)10-11-20-15(14(17)12-18-20)16(21)13-8-6-4-3-5-7-9-13/h12-13H,3-11H2,1-2H3. The van der Waals surface area contributed by atoms with Crippen LogP contribution >= 0.6 is 15.9 Å². The Balaban J connectivity index is 2.11. The average Bonchev–Trinajstić information content (AvgIpc) is 2.76. The molecule has 21 heavy (non-hydrogen) atoms. The predicted octanol–water partition coefficient (Wildman–Crippen LogP) is 3.75. The Kier molecular flexibility index (Phi) is 6.42. The van der Waals surface area contributed by atoms with Crippen LogP contribution in [0.4, 0.5) is 0 Å². The van der Waals surface area contributed by atoms with E-state index in [1.165, 1.54) is 32.1 Å². The van der Waals surface area contributed by atoms with E-state index in [2.05, 4.69) is 25.9 Å². The summed E-state index contributed by atoms with van der Waals surface area (Å²) < 4.78 is 2.71. The fourth-order valence-corrected chi connectivity index (χ4v) is 3.48. The van der Waals surface area contributed by atoms with Crippen LogP contribution in [0.1, 0.15) is 55.4 Å². The topological polar surface area (TPSA) is 38.1 Å². The first kappa shape index (κ1) is 16.7. The van der Waals surface area contributed by atoms with Crippen molar-refractivity contribution in [3.8, 4) is 0 Å². The Morgan fingerprint density at radius 1 is 1.29 bits per heavy atom. The molecule has 0 N–H and O–H groups in total. The molecule has 0 atom stereocenters. The quantitative estimate of drug-likeness (QED) is 0.754. The highest BCUT2D eigenvalue weighted by Crippen LogP contribution is 2.28. The number of hydrogen-bond donors (Lipinski definition) is 0. The maximum Gasteiger partial charge on any atom is 0.185 e. The van der Waals surface area contributed by atoms with Crippen LogP contribution in [0.2, 0.25) is 0 Å². The van der Waals surface area contributed by atoms with E-state index in [-0.39, 0.29) is 11.7 Å². The number of carbonyl (C=O) groups is 1. The number of carbonyl (C=O) groups excluding carboxylic acids is 1. The third-order valence-electron chi connectivity index (χ3n) is 4.26. The number of rotatable bonds is 5. The van der Waals surface area contributed by atoms with E-state index >= 15 is 0 Å². The molecule has 0 bridgehead atoms. The van der Waals surface area contributed by atoms with Crippen LogP contribution in [0.5, 0.6) is 0 Å². The largest absolute Gasteiger partial charge is 0.308 e. The SMILES string of the molecule is CN(C)CCn1ncc(Br)c1C(=O)C1CCCCCCC1. The van der Waals surface area contributed by atoms with Crippen LogP contribution in [0.15, 0.2) is 10.7 Å². The van der Waals surface area contributed by atoms with Crippen molar-refractivity contribution in [2.24, 2.45) is 5.92 Å². The third-order valence-corrected chi connectivity index (χ3v) is 4.84. The lowest BCUT2D eigenvalue weighted by molar-refractivity contribution is 0.0885. The molecule has 1 heterocycles. The fourth-order valence-electron chi connectivity index (χ4n) is 2.98. The van der Waals surface area contributed by atoms with Crippen LogP contribution in [0.3, 0.4) is 0 Å². The van der Waals surface area contributed by atoms with Crippen LogP contribution < -0.4 is 0 Å². The summed E-state index contributed by atoms with van der Waals surface area (Å²) >= 11 is 3.51. The van der Waals surface area contributed by atoms with Crippen LogP contribution in [0, 0.1) is 5.92 Å². The van der Waals surface area contributed by atoms with Crippen molar-refractivity contribution in [1.82, 2.24) is 14.7 Å². The molecule has 0 aromatic carbocycles. The number of likely N-dealkylation sites (N-methyl/N-ethyl adjacent to an activating group) is 1. The van der Waals surface area contributed by atoms with Gasteiger partial charge in [0.2, 0.25) is 0 Å². The van der Waals surface area contributed by atoms with Crippen molar-refractivity contribution in [3.63, 3.8) is 0 Å². The molecule has 118 valence electrons. The van der Waals surface area contributed by atoms with Gasteiger partial charge >= 0.3 is 0 Å². The molecule has 1 aliphatic carbocycles. The maximum atomic E-state index is 12.9. The summed E-state index contributed by atoms with van der Waals surface area (Å²) in [7, 11) is 4.07. The van der Waals surface area contributed by atoms with E-state index in [9.17, 15) is 4.79 Å². The second-order valence-corrected chi connectivity index (χ2v) is 7.13. The number of ketones is 1. The minimum Gasteiger partial charge on any atom is -0.308 e. The van der Waals surface area contributed by atoms with E-state index in [4.69, 9.17) is 0 Å². The maximum absolute atomic E-state index is 12.9.